The van der Waals surface area contributed by atoms with Gasteiger partial charge in [0.2, 0.25) is 5.95 Å². The van der Waals surface area contributed by atoms with Crippen LogP contribution in [0.2, 0.25) is 0 Å². The first kappa shape index (κ1) is 23.1. The predicted molar refractivity (Wildman–Crippen MR) is 137 cm³/mol. The number of nitrogens with one attached hydrogen (secondary N) is 2. The topological polar surface area (TPSA) is 102 Å². The van der Waals surface area contributed by atoms with E-state index in [0.717, 1.165) is 92.6 Å². The first-order chi connectivity index (χ1) is 17.2. The summed E-state index contributed by atoms with van der Waals surface area (Å²) in [5, 5.41) is 12.5. The molecule has 3 aromatic rings. The summed E-state index contributed by atoms with van der Waals surface area (Å²) in [4.78, 5) is 13.3. The highest BCUT2D eigenvalue weighted by Crippen LogP contribution is 2.38. The summed E-state index contributed by atoms with van der Waals surface area (Å²) in [6, 6.07) is 1.07. The molecular formula is C24H34N8O2S. The van der Waals surface area contributed by atoms with Gasteiger partial charge in [-0.1, -0.05) is 0 Å². The minimum atomic E-state index is 0.399. The molecule has 6 rings (SSSR count). The molecule has 5 heterocycles. The Bertz CT molecular complexity index is 1130. The van der Waals surface area contributed by atoms with Gasteiger partial charge < -0.3 is 20.1 Å². The van der Waals surface area contributed by atoms with Gasteiger partial charge >= 0.3 is 0 Å². The second-order valence-electron chi connectivity index (χ2n) is 9.86. The molecule has 2 N–H and O–H groups in total. The van der Waals surface area contributed by atoms with E-state index in [0.29, 0.717) is 23.9 Å². The van der Waals surface area contributed by atoms with Gasteiger partial charge in [-0.25, -0.2) is 0 Å². The zero-order valence-electron chi connectivity index (χ0n) is 20.3. The molecule has 3 aromatic heterocycles. The molecule has 2 aliphatic heterocycles. The van der Waals surface area contributed by atoms with Crippen LogP contribution in [0.15, 0.2) is 12.4 Å². The number of morpholine rings is 1. The van der Waals surface area contributed by atoms with E-state index in [1.165, 1.54) is 24.4 Å². The molecule has 10 nitrogen and oxygen atoms in total. The molecule has 2 saturated heterocycles. The Hall–Kier alpha value is -2.34. The third kappa shape index (κ3) is 5.13. The Labute approximate surface area is 209 Å². The fourth-order valence-electron chi connectivity index (χ4n) is 5.62. The van der Waals surface area contributed by atoms with Crippen molar-refractivity contribution in [2.24, 2.45) is 7.05 Å². The van der Waals surface area contributed by atoms with Gasteiger partial charge in [0.25, 0.3) is 0 Å². The number of hydrogen-bond acceptors (Lipinski definition) is 10. The largest absolute Gasteiger partial charge is 0.381 e. The predicted octanol–water partition coefficient (Wildman–Crippen LogP) is 3.51. The molecule has 0 bridgehead atoms. The maximum absolute atomic E-state index is 5.61. The van der Waals surface area contributed by atoms with Gasteiger partial charge in [0.15, 0.2) is 4.83 Å². The third-order valence-corrected chi connectivity index (χ3v) is 8.29. The van der Waals surface area contributed by atoms with Crippen molar-refractivity contribution in [2.75, 3.05) is 50.2 Å². The standard InChI is InChI=1S/C24H34N8O2S/c1-31-15-18(14-25-31)27-24-28-22(20-21(30-35-23(20)29-24)16-6-10-33-11-7-16)26-17-2-4-19(5-3-17)32-8-12-34-13-9-32/h14-17,19H,2-13H2,1H3,(H2,26,27,28,29)/t17-,19-. The van der Waals surface area contributed by atoms with Gasteiger partial charge in [0.05, 0.1) is 36.2 Å². The van der Waals surface area contributed by atoms with Gasteiger partial charge in [0, 0.05) is 57.5 Å². The van der Waals surface area contributed by atoms with E-state index < -0.39 is 0 Å². The highest BCUT2D eigenvalue weighted by molar-refractivity contribution is 7.13. The lowest BCUT2D eigenvalue weighted by atomic mass is 9.89. The van der Waals surface area contributed by atoms with Crippen molar-refractivity contribution < 1.29 is 9.47 Å². The van der Waals surface area contributed by atoms with Crippen molar-refractivity contribution in [3.8, 4) is 0 Å². The van der Waals surface area contributed by atoms with Crippen LogP contribution >= 0.6 is 11.5 Å². The molecule has 188 valence electrons. The van der Waals surface area contributed by atoms with Gasteiger partial charge in [-0.15, -0.1) is 0 Å². The van der Waals surface area contributed by atoms with Crippen LogP contribution in [0.4, 0.5) is 17.5 Å². The molecule has 1 aliphatic carbocycles. The molecule has 0 aromatic carbocycles. The minimum Gasteiger partial charge on any atom is -0.381 e. The number of fused-ring (bicyclic) bond motifs is 1. The van der Waals surface area contributed by atoms with Crippen molar-refractivity contribution in [1.29, 1.82) is 0 Å². The van der Waals surface area contributed by atoms with Crippen LogP contribution in [0, 0.1) is 0 Å². The van der Waals surface area contributed by atoms with Crippen LogP contribution in [0.5, 0.6) is 0 Å². The lowest BCUT2D eigenvalue weighted by Crippen LogP contribution is -2.46. The molecule has 0 atom stereocenters. The Kier molecular flexibility index (Phi) is 6.82. The van der Waals surface area contributed by atoms with E-state index in [4.69, 9.17) is 23.8 Å². The third-order valence-electron chi connectivity index (χ3n) is 7.53. The van der Waals surface area contributed by atoms with E-state index in [-0.39, 0.29) is 0 Å². The molecule has 11 heteroatoms. The van der Waals surface area contributed by atoms with E-state index in [1.54, 1.807) is 10.9 Å². The summed E-state index contributed by atoms with van der Waals surface area (Å²) < 4.78 is 17.8. The van der Waals surface area contributed by atoms with Crippen LogP contribution in [0.25, 0.3) is 10.2 Å². The average Bonchev–Trinajstić information content (AvgIpc) is 3.51. The fraction of sp³-hybridized carbons (Fsp3) is 0.667. The Morgan fingerprint density at radius 2 is 1.74 bits per heavy atom. The zero-order valence-corrected chi connectivity index (χ0v) is 21.1. The van der Waals surface area contributed by atoms with Gasteiger partial charge in [-0.05, 0) is 50.1 Å². The number of aryl methyl sites for hydroxylation is 1. The van der Waals surface area contributed by atoms with Crippen LogP contribution < -0.4 is 10.6 Å². The van der Waals surface area contributed by atoms with Crippen molar-refractivity contribution >= 4 is 39.2 Å². The van der Waals surface area contributed by atoms with E-state index in [1.807, 2.05) is 13.2 Å². The van der Waals surface area contributed by atoms with Crippen molar-refractivity contribution in [3.05, 3.63) is 18.1 Å². The van der Waals surface area contributed by atoms with Crippen molar-refractivity contribution in [2.45, 2.75) is 56.5 Å². The van der Waals surface area contributed by atoms with Crippen LogP contribution in [-0.4, -0.2) is 80.6 Å². The Balaban J connectivity index is 1.25. The average molecular weight is 499 g/mol. The molecule has 0 amide bonds. The highest BCUT2D eigenvalue weighted by Gasteiger charge is 2.29. The maximum atomic E-state index is 5.61. The summed E-state index contributed by atoms with van der Waals surface area (Å²) in [6.45, 7) is 5.44. The van der Waals surface area contributed by atoms with Crippen molar-refractivity contribution in [3.63, 3.8) is 0 Å². The smallest absolute Gasteiger partial charge is 0.230 e. The molecular weight excluding hydrogens is 464 g/mol. The summed E-state index contributed by atoms with van der Waals surface area (Å²) in [5.41, 5.74) is 2.00. The Morgan fingerprint density at radius 1 is 0.971 bits per heavy atom. The van der Waals surface area contributed by atoms with Gasteiger partial charge in [-0.2, -0.15) is 19.4 Å². The fourth-order valence-corrected chi connectivity index (χ4v) is 6.47. The molecule has 35 heavy (non-hydrogen) atoms. The number of anilines is 3. The first-order valence-electron chi connectivity index (χ1n) is 12.8. The number of rotatable bonds is 6. The summed E-state index contributed by atoms with van der Waals surface area (Å²) in [5.74, 6) is 1.89. The normalized spacial score (nSPS) is 24.6. The summed E-state index contributed by atoms with van der Waals surface area (Å²) in [7, 11) is 1.90. The highest BCUT2D eigenvalue weighted by atomic mass is 32.1. The number of ether oxygens (including phenoxy) is 2. The van der Waals surface area contributed by atoms with Gasteiger partial charge in [-0.3, -0.25) is 9.58 Å². The first-order valence-corrected chi connectivity index (χ1v) is 13.6. The molecule has 0 spiro atoms. The van der Waals surface area contributed by atoms with E-state index in [9.17, 15) is 0 Å². The quantitative estimate of drug-likeness (QED) is 0.528. The second-order valence-corrected chi connectivity index (χ2v) is 10.6. The van der Waals surface area contributed by atoms with E-state index >= 15 is 0 Å². The number of nitrogens with zero attached hydrogens (tertiary/aromatic N) is 6. The monoisotopic (exact) mass is 498 g/mol. The number of aromatic nitrogens is 5. The molecule has 0 radical (unpaired) electrons. The lowest BCUT2D eigenvalue weighted by molar-refractivity contribution is 0.00791. The second kappa shape index (κ2) is 10.3. The minimum absolute atomic E-state index is 0.399. The SMILES string of the molecule is Cn1cc(Nc2nc(N[C@H]3CC[C@H](N4CCOCC4)CC3)c3c(C4CCOCC4)nsc3n2)cn1. The summed E-state index contributed by atoms with van der Waals surface area (Å²) >= 11 is 1.47. The van der Waals surface area contributed by atoms with Crippen LogP contribution in [-0.2, 0) is 16.5 Å². The van der Waals surface area contributed by atoms with Gasteiger partial charge in [0.1, 0.15) is 5.82 Å². The molecule has 0 unspecified atom stereocenters. The van der Waals surface area contributed by atoms with E-state index in [2.05, 4.69) is 20.6 Å². The van der Waals surface area contributed by atoms with Crippen LogP contribution in [0.1, 0.15) is 50.1 Å². The molecule has 3 fully saturated rings. The van der Waals surface area contributed by atoms with Crippen LogP contribution in [0.3, 0.4) is 0 Å². The zero-order chi connectivity index (χ0) is 23.6. The maximum Gasteiger partial charge on any atom is 0.230 e. The lowest BCUT2D eigenvalue weighted by Gasteiger charge is -2.39. The summed E-state index contributed by atoms with van der Waals surface area (Å²) in [6.07, 6.45) is 10.4. The number of hydrogen-bond donors (Lipinski definition) is 2. The molecule has 1 saturated carbocycles. The molecule has 3 aliphatic rings. The van der Waals surface area contributed by atoms with Crippen molar-refractivity contribution in [1.82, 2.24) is 29.0 Å². The Morgan fingerprint density at radius 3 is 2.49 bits per heavy atom.